The topological polar surface area (TPSA) is 34.1 Å². The number of ether oxygens (including phenoxy) is 1. The number of nitrogens with zero attached hydrogens (tertiary/aromatic N) is 1. The van der Waals surface area contributed by atoms with Crippen molar-refractivity contribution < 1.29 is 4.74 Å². The maximum atomic E-state index is 5.40. The molecule has 0 spiro atoms. The Morgan fingerprint density at radius 2 is 1.95 bits per heavy atom. The summed E-state index contributed by atoms with van der Waals surface area (Å²) in [4.78, 5) is 4.52. The molecule has 2 atom stereocenters. The second-order valence-corrected chi connectivity index (χ2v) is 5.71. The first-order valence-corrected chi connectivity index (χ1v) is 7.30. The number of thiazole rings is 1. The number of hydrogen-bond acceptors (Lipinski definition) is 4. The molecule has 1 N–H and O–H groups in total. The van der Waals surface area contributed by atoms with E-state index in [0.717, 1.165) is 16.5 Å². The van der Waals surface area contributed by atoms with Gasteiger partial charge in [-0.1, -0.05) is 18.2 Å². The van der Waals surface area contributed by atoms with E-state index in [-0.39, 0.29) is 12.1 Å². The minimum absolute atomic E-state index is 0.216. The van der Waals surface area contributed by atoms with Crippen LogP contribution in [0.3, 0.4) is 0 Å². The summed E-state index contributed by atoms with van der Waals surface area (Å²) in [6, 6.07) is 8.55. The van der Waals surface area contributed by atoms with Gasteiger partial charge in [-0.15, -0.1) is 11.3 Å². The molecule has 1 heterocycles. The molecule has 102 valence electrons. The van der Waals surface area contributed by atoms with Crippen molar-refractivity contribution in [3.63, 3.8) is 0 Å². The summed E-state index contributed by atoms with van der Waals surface area (Å²) in [5.74, 6) is 0.921. The number of hydrogen-bond donors (Lipinski definition) is 1. The second kappa shape index (κ2) is 6.17. The Bertz CT molecular complexity index is 538. The van der Waals surface area contributed by atoms with Crippen molar-refractivity contribution in [1.29, 1.82) is 0 Å². The van der Waals surface area contributed by atoms with Crippen molar-refractivity contribution >= 4 is 11.3 Å². The van der Waals surface area contributed by atoms with Gasteiger partial charge in [0.1, 0.15) is 5.75 Å². The number of rotatable bonds is 5. The Kier molecular flexibility index (Phi) is 4.56. The third kappa shape index (κ3) is 3.33. The van der Waals surface area contributed by atoms with Crippen LogP contribution in [0.4, 0.5) is 0 Å². The highest BCUT2D eigenvalue weighted by molar-refractivity contribution is 7.09. The number of aryl methyl sites for hydroxylation is 1. The highest BCUT2D eigenvalue weighted by Crippen LogP contribution is 2.27. The zero-order chi connectivity index (χ0) is 13.8. The van der Waals surface area contributed by atoms with Gasteiger partial charge >= 0.3 is 0 Å². The van der Waals surface area contributed by atoms with Crippen molar-refractivity contribution in [1.82, 2.24) is 10.3 Å². The number of nitrogens with one attached hydrogen (secondary N) is 1. The average Bonchev–Trinajstić information content (AvgIpc) is 2.85. The molecule has 0 aliphatic heterocycles. The lowest BCUT2D eigenvalue weighted by Crippen LogP contribution is -2.23. The first-order chi connectivity index (χ1) is 9.11. The zero-order valence-corrected chi connectivity index (χ0v) is 12.6. The van der Waals surface area contributed by atoms with Crippen molar-refractivity contribution in [3.05, 3.63) is 45.9 Å². The predicted molar refractivity (Wildman–Crippen MR) is 79.8 cm³/mol. The van der Waals surface area contributed by atoms with Gasteiger partial charge in [0.25, 0.3) is 0 Å². The molecule has 3 nitrogen and oxygen atoms in total. The summed E-state index contributed by atoms with van der Waals surface area (Å²) >= 11 is 1.69. The Morgan fingerprint density at radius 3 is 2.58 bits per heavy atom. The molecule has 0 saturated carbocycles. The molecule has 0 amide bonds. The van der Waals surface area contributed by atoms with Crippen molar-refractivity contribution in [2.45, 2.75) is 32.9 Å². The maximum absolute atomic E-state index is 5.40. The van der Waals surface area contributed by atoms with Gasteiger partial charge in [-0.3, -0.25) is 0 Å². The molecule has 2 aromatic rings. The first kappa shape index (κ1) is 14.0. The summed E-state index contributed by atoms with van der Waals surface area (Å²) in [5.41, 5.74) is 2.27. The van der Waals surface area contributed by atoms with E-state index in [1.54, 1.807) is 18.4 Å². The van der Waals surface area contributed by atoms with Crippen LogP contribution in [0.1, 0.15) is 42.2 Å². The molecular formula is C15H20N2OS. The van der Waals surface area contributed by atoms with Crippen molar-refractivity contribution in [2.24, 2.45) is 0 Å². The molecule has 2 rings (SSSR count). The predicted octanol–water partition coefficient (Wildman–Crippen LogP) is 3.87. The monoisotopic (exact) mass is 276 g/mol. The Hall–Kier alpha value is -1.39. The fourth-order valence-electron chi connectivity index (χ4n) is 2.15. The lowest BCUT2D eigenvalue weighted by molar-refractivity contribution is 0.396. The van der Waals surface area contributed by atoms with Crippen molar-refractivity contribution in [3.8, 4) is 5.75 Å². The largest absolute Gasteiger partial charge is 0.496 e. The summed E-state index contributed by atoms with van der Waals surface area (Å²) in [7, 11) is 1.71. The Labute approximate surface area is 118 Å². The zero-order valence-electron chi connectivity index (χ0n) is 11.8. The van der Waals surface area contributed by atoms with Crippen LogP contribution in [-0.4, -0.2) is 12.1 Å². The Morgan fingerprint density at radius 1 is 1.21 bits per heavy atom. The van der Waals surface area contributed by atoms with E-state index in [0.29, 0.717) is 0 Å². The summed E-state index contributed by atoms with van der Waals surface area (Å²) in [6.45, 7) is 6.32. The lowest BCUT2D eigenvalue weighted by atomic mass is 10.1. The maximum Gasteiger partial charge on any atom is 0.123 e. The van der Waals surface area contributed by atoms with Gasteiger partial charge in [-0.25, -0.2) is 4.98 Å². The summed E-state index contributed by atoms with van der Waals surface area (Å²) in [6.07, 6.45) is 0. The van der Waals surface area contributed by atoms with Gasteiger partial charge in [-0.2, -0.15) is 0 Å². The SMILES string of the molecule is COc1ccccc1C(C)NC(C)c1csc(C)n1. The first-order valence-electron chi connectivity index (χ1n) is 6.42. The Balaban J connectivity index is 2.10. The van der Waals surface area contributed by atoms with E-state index in [1.165, 1.54) is 5.56 Å². The van der Waals surface area contributed by atoms with Crippen LogP contribution in [0.2, 0.25) is 0 Å². The van der Waals surface area contributed by atoms with Gasteiger partial charge in [-0.05, 0) is 26.8 Å². The highest BCUT2D eigenvalue weighted by Gasteiger charge is 2.15. The molecule has 0 radical (unpaired) electrons. The smallest absolute Gasteiger partial charge is 0.123 e. The van der Waals surface area contributed by atoms with Gasteiger partial charge in [0.05, 0.1) is 17.8 Å². The molecule has 19 heavy (non-hydrogen) atoms. The van der Waals surface area contributed by atoms with Crippen LogP contribution < -0.4 is 10.1 Å². The highest BCUT2D eigenvalue weighted by atomic mass is 32.1. The van der Waals surface area contributed by atoms with E-state index in [2.05, 4.69) is 35.6 Å². The van der Waals surface area contributed by atoms with Gasteiger partial charge in [0.15, 0.2) is 0 Å². The average molecular weight is 276 g/mol. The van der Waals surface area contributed by atoms with E-state index in [4.69, 9.17) is 4.74 Å². The molecule has 1 aromatic carbocycles. The van der Waals surface area contributed by atoms with E-state index in [9.17, 15) is 0 Å². The van der Waals surface area contributed by atoms with E-state index >= 15 is 0 Å². The standard InChI is InChI=1S/C15H20N2OS/c1-10(13-7-5-6-8-15(13)18-4)16-11(2)14-9-19-12(3)17-14/h5-11,16H,1-4H3. The van der Waals surface area contributed by atoms with Crippen LogP contribution in [0, 0.1) is 6.92 Å². The van der Waals surface area contributed by atoms with Crippen LogP contribution in [0.25, 0.3) is 0 Å². The third-order valence-corrected chi connectivity index (χ3v) is 3.98. The van der Waals surface area contributed by atoms with Crippen LogP contribution >= 0.6 is 11.3 Å². The third-order valence-electron chi connectivity index (χ3n) is 3.19. The molecular weight excluding hydrogens is 256 g/mol. The van der Waals surface area contributed by atoms with E-state index < -0.39 is 0 Å². The van der Waals surface area contributed by atoms with Crippen LogP contribution in [-0.2, 0) is 0 Å². The molecule has 0 bridgehead atoms. The quantitative estimate of drug-likeness (QED) is 0.900. The van der Waals surface area contributed by atoms with Crippen LogP contribution in [0.15, 0.2) is 29.6 Å². The molecule has 4 heteroatoms. The number of aromatic nitrogens is 1. The molecule has 1 aromatic heterocycles. The summed E-state index contributed by atoms with van der Waals surface area (Å²) in [5, 5.41) is 6.78. The molecule has 2 unspecified atom stereocenters. The minimum Gasteiger partial charge on any atom is -0.496 e. The van der Waals surface area contributed by atoms with E-state index in [1.807, 2.05) is 25.1 Å². The number of methoxy groups -OCH3 is 1. The number of para-hydroxylation sites is 1. The molecule has 0 saturated heterocycles. The van der Waals surface area contributed by atoms with Crippen molar-refractivity contribution in [2.75, 3.05) is 7.11 Å². The van der Waals surface area contributed by atoms with Gasteiger partial charge in [0, 0.05) is 23.0 Å². The summed E-state index contributed by atoms with van der Waals surface area (Å²) < 4.78 is 5.40. The fraction of sp³-hybridized carbons (Fsp3) is 0.400. The number of benzene rings is 1. The minimum atomic E-state index is 0.216. The molecule has 0 fully saturated rings. The molecule has 0 aliphatic rings. The fourth-order valence-corrected chi connectivity index (χ4v) is 2.86. The van der Waals surface area contributed by atoms with Crippen LogP contribution in [0.5, 0.6) is 5.75 Å². The van der Waals surface area contributed by atoms with Gasteiger partial charge < -0.3 is 10.1 Å². The van der Waals surface area contributed by atoms with Gasteiger partial charge in [0.2, 0.25) is 0 Å². The lowest BCUT2D eigenvalue weighted by Gasteiger charge is -2.21. The molecule has 0 aliphatic carbocycles. The normalized spacial score (nSPS) is 14.1. The second-order valence-electron chi connectivity index (χ2n) is 4.64.